The minimum atomic E-state index is -0.241. The Bertz CT molecular complexity index is 686. The first-order valence-electron chi connectivity index (χ1n) is 6.17. The topological polar surface area (TPSA) is 38.3 Å². The third kappa shape index (κ3) is 4.34. The van der Waals surface area contributed by atoms with Gasteiger partial charge in [0.05, 0.1) is 22.3 Å². The number of ether oxygens (including phenoxy) is 1. The van der Waals surface area contributed by atoms with Crippen molar-refractivity contribution in [3.8, 4) is 5.75 Å². The lowest BCUT2D eigenvalue weighted by atomic mass is 10.2. The molecule has 3 nitrogen and oxygen atoms in total. The number of anilines is 1. The van der Waals surface area contributed by atoms with Gasteiger partial charge in [0.2, 0.25) is 5.91 Å². The minimum Gasteiger partial charge on any atom is -0.496 e. The molecule has 0 bridgehead atoms. The quantitative estimate of drug-likeness (QED) is 0.792. The van der Waals surface area contributed by atoms with Gasteiger partial charge in [0.25, 0.3) is 0 Å². The lowest BCUT2D eigenvalue weighted by Crippen LogP contribution is -2.07. The molecule has 0 radical (unpaired) electrons. The van der Waals surface area contributed by atoms with Gasteiger partial charge in [0.1, 0.15) is 5.75 Å². The van der Waals surface area contributed by atoms with Crippen molar-refractivity contribution in [3.05, 3.63) is 63.6 Å². The van der Waals surface area contributed by atoms with Gasteiger partial charge in [0.15, 0.2) is 0 Å². The lowest BCUT2D eigenvalue weighted by Gasteiger charge is -2.05. The molecule has 0 aliphatic rings. The van der Waals surface area contributed by atoms with Crippen LogP contribution in [0, 0.1) is 0 Å². The van der Waals surface area contributed by atoms with Crippen LogP contribution >= 0.6 is 27.5 Å². The molecular weight excluding hydrogens is 354 g/mol. The number of hydrogen-bond donors (Lipinski definition) is 1. The second-order valence-corrected chi connectivity index (χ2v) is 5.46. The van der Waals surface area contributed by atoms with Crippen molar-refractivity contribution in [2.24, 2.45) is 0 Å². The summed E-state index contributed by atoms with van der Waals surface area (Å²) >= 11 is 9.38. The van der Waals surface area contributed by atoms with Crippen LogP contribution in [0.15, 0.2) is 53.0 Å². The van der Waals surface area contributed by atoms with Crippen molar-refractivity contribution in [3.63, 3.8) is 0 Å². The number of rotatable bonds is 4. The van der Waals surface area contributed by atoms with Gasteiger partial charge in [-0.2, -0.15) is 0 Å². The fourth-order valence-corrected chi connectivity index (χ4v) is 2.44. The number of benzene rings is 2. The first-order chi connectivity index (χ1) is 10.1. The standard InChI is InChI=1S/C16H13BrClNO2/c1-21-15-8-6-11(10-12(15)17)7-9-16(20)19-14-5-3-2-4-13(14)18/h2-10H,1H3,(H,19,20)/b9-7+. The Morgan fingerprint density at radius 3 is 2.71 bits per heavy atom. The van der Waals surface area contributed by atoms with Crippen LogP contribution in [-0.4, -0.2) is 13.0 Å². The molecule has 0 saturated carbocycles. The maximum atomic E-state index is 11.9. The van der Waals surface area contributed by atoms with Crippen molar-refractivity contribution in [1.82, 2.24) is 0 Å². The number of amides is 1. The maximum absolute atomic E-state index is 11.9. The van der Waals surface area contributed by atoms with Gasteiger partial charge in [0, 0.05) is 6.08 Å². The van der Waals surface area contributed by atoms with Gasteiger partial charge in [-0.25, -0.2) is 0 Å². The molecule has 0 heterocycles. The average molecular weight is 367 g/mol. The minimum absolute atomic E-state index is 0.241. The fourth-order valence-electron chi connectivity index (χ4n) is 1.70. The summed E-state index contributed by atoms with van der Waals surface area (Å²) in [5.74, 6) is 0.503. The molecule has 2 aromatic carbocycles. The first-order valence-corrected chi connectivity index (χ1v) is 7.34. The summed E-state index contributed by atoms with van der Waals surface area (Å²) in [7, 11) is 1.60. The van der Waals surface area contributed by atoms with E-state index in [1.807, 2.05) is 30.3 Å². The number of para-hydroxylation sites is 1. The summed E-state index contributed by atoms with van der Waals surface area (Å²) in [4.78, 5) is 11.9. The van der Waals surface area contributed by atoms with Crippen molar-refractivity contribution in [2.75, 3.05) is 12.4 Å². The van der Waals surface area contributed by atoms with E-state index in [0.717, 1.165) is 15.8 Å². The predicted molar refractivity (Wildman–Crippen MR) is 89.8 cm³/mol. The van der Waals surface area contributed by atoms with E-state index in [2.05, 4.69) is 21.2 Å². The van der Waals surface area contributed by atoms with Gasteiger partial charge in [-0.05, 0) is 51.8 Å². The van der Waals surface area contributed by atoms with Gasteiger partial charge in [-0.3, -0.25) is 4.79 Å². The maximum Gasteiger partial charge on any atom is 0.248 e. The number of methoxy groups -OCH3 is 1. The second kappa shape index (κ2) is 7.29. The number of carbonyl (C=O) groups excluding carboxylic acids is 1. The SMILES string of the molecule is COc1ccc(/C=C/C(=O)Nc2ccccc2Cl)cc1Br. The largest absolute Gasteiger partial charge is 0.496 e. The van der Waals surface area contributed by atoms with E-state index < -0.39 is 0 Å². The van der Waals surface area contributed by atoms with Gasteiger partial charge in [-0.1, -0.05) is 29.8 Å². The molecule has 0 unspecified atom stereocenters. The van der Waals surface area contributed by atoms with Crippen molar-refractivity contribution >= 4 is 45.2 Å². The zero-order valence-corrected chi connectivity index (χ0v) is 13.6. The fraction of sp³-hybridized carbons (Fsp3) is 0.0625. The predicted octanol–water partition coefficient (Wildman–Crippen LogP) is 4.76. The molecular formula is C16H13BrClNO2. The molecule has 1 N–H and O–H groups in total. The van der Waals surface area contributed by atoms with E-state index in [1.54, 1.807) is 25.3 Å². The third-order valence-electron chi connectivity index (χ3n) is 2.73. The summed E-state index contributed by atoms with van der Waals surface area (Å²) < 4.78 is 5.98. The van der Waals surface area contributed by atoms with Crippen molar-refractivity contribution < 1.29 is 9.53 Å². The van der Waals surface area contributed by atoms with Gasteiger partial charge < -0.3 is 10.1 Å². The van der Waals surface area contributed by atoms with Crippen LogP contribution in [0.2, 0.25) is 5.02 Å². The zero-order chi connectivity index (χ0) is 15.2. The molecule has 2 aromatic rings. The highest BCUT2D eigenvalue weighted by molar-refractivity contribution is 9.10. The third-order valence-corrected chi connectivity index (χ3v) is 3.68. The molecule has 0 aliphatic carbocycles. The zero-order valence-electron chi connectivity index (χ0n) is 11.3. The molecule has 1 amide bonds. The van der Waals surface area contributed by atoms with E-state index in [-0.39, 0.29) is 5.91 Å². The smallest absolute Gasteiger partial charge is 0.248 e. The Morgan fingerprint density at radius 2 is 2.05 bits per heavy atom. The summed E-state index contributed by atoms with van der Waals surface area (Å²) in [6, 6.07) is 12.7. The molecule has 0 spiro atoms. The van der Waals surface area contributed by atoms with Crippen LogP contribution in [0.25, 0.3) is 6.08 Å². The van der Waals surface area contributed by atoms with E-state index >= 15 is 0 Å². The Morgan fingerprint density at radius 1 is 1.29 bits per heavy atom. The lowest BCUT2D eigenvalue weighted by molar-refractivity contribution is -0.111. The monoisotopic (exact) mass is 365 g/mol. The Balaban J connectivity index is 2.05. The molecule has 0 saturated heterocycles. The molecule has 2 rings (SSSR count). The average Bonchev–Trinajstić information content (AvgIpc) is 2.48. The van der Waals surface area contributed by atoms with Gasteiger partial charge in [-0.15, -0.1) is 0 Å². The molecule has 5 heteroatoms. The first kappa shape index (κ1) is 15.6. The number of halogens is 2. The summed E-state index contributed by atoms with van der Waals surface area (Å²) in [5, 5.41) is 3.23. The van der Waals surface area contributed by atoms with E-state index in [1.165, 1.54) is 6.08 Å². The van der Waals surface area contributed by atoms with E-state index in [4.69, 9.17) is 16.3 Å². The van der Waals surface area contributed by atoms with Crippen LogP contribution in [0.1, 0.15) is 5.56 Å². The highest BCUT2D eigenvalue weighted by Crippen LogP contribution is 2.26. The molecule has 0 fully saturated rings. The summed E-state index contributed by atoms with van der Waals surface area (Å²) in [6.45, 7) is 0. The molecule has 0 aliphatic heterocycles. The van der Waals surface area contributed by atoms with Crippen molar-refractivity contribution in [2.45, 2.75) is 0 Å². The summed E-state index contributed by atoms with van der Waals surface area (Å²) in [5.41, 5.74) is 1.47. The van der Waals surface area contributed by atoms with E-state index in [0.29, 0.717) is 10.7 Å². The van der Waals surface area contributed by atoms with Crippen LogP contribution in [0.5, 0.6) is 5.75 Å². The molecule has 108 valence electrons. The molecule has 0 atom stereocenters. The van der Waals surface area contributed by atoms with Gasteiger partial charge >= 0.3 is 0 Å². The molecule has 0 aromatic heterocycles. The van der Waals surface area contributed by atoms with E-state index in [9.17, 15) is 4.79 Å². The second-order valence-electron chi connectivity index (χ2n) is 4.20. The highest BCUT2D eigenvalue weighted by atomic mass is 79.9. The summed E-state index contributed by atoms with van der Waals surface area (Å²) in [6.07, 6.45) is 3.17. The van der Waals surface area contributed by atoms with Crippen LogP contribution in [0.3, 0.4) is 0 Å². The Labute approximate surface area is 136 Å². The van der Waals surface area contributed by atoms with Crippen LogP contribution in [-0.2, 0) is 4.79 Å². The Kier molecular flexibility index (Phi) is 5.42. The van der Waals surface area contributed by atoms with Crippen LogP contribution in [0.4, 0.5) is 5.69 Å². The number of hydrogen-bond acceptors (Lipinski definition) is 2. The highest BCUT2D eigenvalue weighted by Gasteiger charge is 2.03. The molecule has 21 heavy (non-hydrogen) atoms. The normalized spacial score (nSPS) is 10.6. The number of nitrogens with one attached hydrogen (secondary N) is 1. The number of carbonyl (C=O) groups is 1. The van der Waals surface area contributed by atoms with Crippen LogP contribution < -0.4 is 10.1 Å². The Hall–Kier alpha value is -1.78. The van der Waals surface area contributed by atoms with Crippen molar-refractivity contribution in [1.29, 1.82) is 0 Å².